The normalized spacial score (nSPS) is 20.8. The smallest absolute Gasteiger partial charge is 0.293 e. The van der Waals surface area contributed by atoms with Crippen LogP contribution < -0.4 is 0 Å². The van der Waals surface area contributed by atoms with Gasteiger partial charge in [-0.05, 0) is 42.7 Å². The van der Waals surface area contributed by atoms with Crippen LogP contribution in [0.2, 0.25) is 0 Å². The van der Waals surface area contributed by atoms with E-state index >= 15 is 0 Å². The number of rotatable bonds is 5. The van der Waals surface area contributed by atoms with Crippen LogP contribution in [-0.4, -0.2) is 45.0 Å². The summed E-state index contributed by atoms with van der Waals surface area (Å²) < 4.78 is 4.92. The van der Waals surface area contributed by atoms with Crippen molar-refractivity contribution in [3.05, 3.63) is 58.8 Å². The number of fused-ring (bicyclic) bond motifs is 4. The summed E-state index contributed by atoms with van der Waals surface area (Å²) in [5, 5.41) is 22.9. The Bertz CT molecular complexity index is 977. The topological polar surface area (TPSA) is 82.9 Å². The van der Waals surface area contributed by atoms with Gasteiger partial charge in [0.1, 0.15) is 6.61 Å². The number of ether oxygens (including phenoxy) is 1. The highest BCUT2D eigenvalue weighted by Gasteiger charge is 2.40. The third-order valence-corrected chi connectivity index (χ3v) is 5.51. The van der Waals surface area contributed by atoms with Crippen LogP contribution in [0.1, 0.15) is 31.5 Å². The lowest BCUT2D eigenvalue weighted by molar-refractivity contribution is -0.128. The summed E-state index contributed by atoms with van der Waals surface area (Å²) in [6.07, 6.45) is 1.34. The molecule has 1 aromatic carbocycles. The van der Waals surface area contributed by atoms with Gasteiger partial charge in [0.15, 0.2) is 6.23 Å². The molecular formula is C21H22N2O4. The van der Waals surface area contributed by atoms with Crippen molar-refractivity contribution in [1.82, 2.24) is 9.88 Å². The fourth-order valence-corrected chi connectivity index (χ4v) is 3.80. The van der Waals surface area contributed by atoms with Crippen molar-refractivity contribution in [2.24, 2.45) is 0 Å². The molecule has 4 rings (SSSR count). The Morgan fingerprint density at radius 3 is 2.93 bits per heavy atom. The lowest BCUT2D eigenvalue weighted by Crippen LogP contribution is -2.40. The zero-order valence-corrected chi connectivity index (χ0v) is 15.3. The molecule has 140 valence electrons. The minimum absolute atomic E-state index is 0.0673. The number of hydrogen-bond acceptors (Lipinski definition) is 6. The lowest BCUT2D eigenvalue weighted by Gasteiger charge is -2.37. The summed E-state index contributed by atoms with van der Waals surface area (Å²) in [4.78, 5) is 17.3. The van der Waals surface area contributed by atoms with Crippen LogP contribution in [0.3, 0.4) is 0 Å². The molecule has 0 bridgehead atoms. The Morgan fingerprint density at radius 1 is 1.41 bits per heavy atom. The van der Waals surface area contributed by atoms with Gasteiger partial charge in [0, 0.05) is 17.5 Å². The molecule has 0 saturated heterocycles. The zero-order valence-electron chi connectivity index (χ0n) is 15.3. The van der Waals surface area contributed by atoms with Crippen molar-refractivity contribution in [2.75, 3.05) is 6.61 Å². The van der Waals surface area contributed by atoms with Crippen molar-refractivity contribution in [3.63, 3.8) is 0 Å². The third-order valence-electron chi connectivity index (χ3n) is 5.51. The zero-order chi connectivity index (χ0) is 19.2. The van der Waals surface area contributed by atoms with Gasteiger partial charge in [0.2, 0.25) is 0 Å². The van der Waals surface area contributed by atoms with Crippen LogP contribution in [0.15, 0.2) is 47.6 Å². The van der Waals surface area contributed by atoms with Gasteiger partial charge in [-0.25, -0.2) is 4.98 Å². The Hall–Kier alpha value is -2.70. The number of aliphatic hydroxyl groups is 2. The van der Waals surface area contributed by atoms with Gasteiger partial charge < -0.3 is 19.8 Å². The van der Waals surface area contributed by atoms with Crippen molar-refractivity contribution in [1.29, 1.82) is 0 Å². The highest BCUT2D eigenvalue weighted by atomic mass is 16.5. The van der Waals surface area contributed by atoms with Gasteiger partial charge in [0.05, 0.1) is 22.5 Å². The molecule has 2 aliphatic heterocycles. The Kier molecular flexibility index (Phi) is 4.25. The van der Waals surface area contributed by atoms with Crippen LogP contribution in [-0.2, 0) is 16.1 Å². The molecule has 2 aliphatic rings. The molecule has 0 aliphatic carbocycles. The highest BCUT2D eigenvalue weighted by Crippen LogP contribution is 2.42. The summed E-state index contributed by atoms with van der Waals surface area (Å²) in [5.41, 5.74) is 3.42. The van der Waals surface area contributed by atoms with E-state index in [-0.39, 0.29) is 6.61 Å². The predicted molar refractivity (Wildman–Crippen MR) is 101 cm³/mol. The average Bonchev–Trinajstić information content (AvgIpc) is 3.03. The van der Waals surface area contributed by atoms with E-state index in [1.165, 1.54) is 0 Å². The quantitative estimate of drug-likeness (QED) is 0.791. The van der Waals surface area contributed by atoms with Crippen molar-refractivity contribution in [2.45, 2.75) is 38.6 Å². The van der Waals surface area contributed by atoms with Crippen molar-refractivity contribution >= 4 is 23.1 Å². The molecule has 6 heteroatoms. The molecule has 1 aromatic heterocycles. The van der Waals surface area contributed by atoms with E-state index in [4.69, 9.17) is 9.72 Å². The summed E-state index contributed by atoms with van der Waals surface area (Å²) in [6, 6.07) is 9.98. The predicted octanol–water partition coefficient (Wildman–Crippen LogP) is 2.35. The van der Waals surface area contributed by atoms with Crippen LogP contribution in [0.25, 0.3) is 16.6 Å². The molecule has 27 heavy (non-hydrogen) atoms. The average molecular weight is 366 g/mol. The molecule has 2 aromatic rings. The first-order chi connectivity index (χ1) is 13.0. The second-order valence-corrected chi connectivity index (χ2v) is 7.19. The minimum Gasteiger partial charge on any atom is -0.463 e. The third kappa shape index (κ3) is 2.81. The van der Waals surface area contributed by atoms with Gasteiger partial charge in [-0.1, -0.05) is 25.1 Å². The Balaban J connectivity index is 1.88. The van der Waals surface area contributed by atoms with E-state index < -0.39 is 11.8 Å². The van der Waals surface area contributed by atoms with E-state index in [0.717, 1.165) is 27.9 Å². The van der Waals surface area contributed by atoms with Gasteiger partial charge >= 0.3 is 0 Å². The minimum atomic E-state index is -1.15. The van der Waals surface area contributed by atoms with Crippen LogP contribution in [0, 0.1) is 0 Å². The molecule has 0 radical (unpaired) electrons. The van der Waals surface area contributed by atoms with Gasteiger partial charge in [-0.2, -0.15) is 0 Å². The molecule has 0 spiro atoms. The van der Waals surface area contributed by atoms with E-state index in [2.05, 4.69) is 6.07 Å². The maximum Gasteiger partial charge on any atom is 0.293 e. The SMILES string of the molecule is CCC(C)(O)C1=C(COC=O)C(O)N2Cc3cc4ccccc4nc3C2=C1. The number of aliphatic hydroxyl groups excluding tert-OH is 1. The molecule has 0 saturated carbocycles. The standard InChI is InChI=1S/C21H22N2O4/c1-3-21(2,26)16-9-18-19-14(8-13-6-4-5-7-17(13)22-19)10-23(18)20(25)15(16)11-27-12-24/h4-9,12,20,25-26H,3,10-11H2,1-2H3. The maximum atomic E-state index is 11.0. The number of benzene rings is 1. The van der Waals surface area contributed by atoms with E-state index in [1.54, 1.807) is 6.92 Å². The molecule has 2 unspecified atom stereocenters. The highest BCUT2D eigenvalue weighted by molar-refractivity contribution is 5.84. The molecule has 2 atom stereocenters. The fourth-order valence-electron chi connectivity index (χ4n) is 3.80. The van der Waals surface area contributed by atoms with Gasteiger partial charge in [-0.3, -0.25) is 4.79 Å². The first-order valence-electron chi connectivity index (χ1n) is 9.03. The maximum absolute atomic E-state index is 11.0. The number of para-hydroxylation sites is 1. The summed E-state index contributed by atoms with van der Waals surface area (Å²) in [7, 11) is 0. The summed E-state index contributed by atoms with van der Waals surface area (Å²) in [5.74, 6) is 0. The first kappa shape index (κ1) is 17.7. The lowest BCUT2D eigenvalue weighted by atomic mass is 9.85. The molecule has 0 fully saturated rings. The summed E-state index contributed by atoms with van der Waals surface area (Å²) in [6.45, 7) is 4.36. The summed E-state index contributed by atoms with van der Waals surface area (Å²) >= 11 is 0. The number of carbonyl (C=O) groups excluding carboxylic acids is 1. The van der Waals surface area contributed by atoms with Crippen molar-refractivity contribution in [3.8, 4) is 0 Å². The van der Waals surface area contributed by atoms with E-state index in [1.807, 2.05) is 42.2 Å². The number of hydrogen-bond donors (Lipinski definition) is 2. The monoisotopic (exact) mass is 366 g/mol. The van der Waals surface area contributed by atoms with Crippen LogP contribution in [0.5, 0.6) is 0 Å². The molecule has 3 heterocycles. The van der Waals surface area contributed by atoms with E-state index in [9.17, 15) is 15.0 Å². The number of nitrogens with zero attached hydrogens (tertiary/aromatic N) is 2. The van der Waals surface area contributed by atoms with Crippen LogP contribution in [0.4, 0.5) is 0 Å². The number of aromatic nitrogens is 1. The Labute approximate surface area is 157 Å². The molecular weight excluding hydrogens is 344 g/mol. The molecule has 2 N–H and O–H groups in total. The first-order valence-corrected chi connectivity index (χ1v) is 9.03. The molecule has 6 nitrogen and oxygen atoms in total. The van der Waals surface area contributed by atoms with E-state index in [0.29, 0.717) is 30.6 Å². The molecule has 0 amide bonds. The van der Waals surface area contributed by atoms with Crippen LogP contribution >= 0.6 is 0 Å². The van der Waals surface area contributed by atoms with Gasteiger partial charge in [0.25, 0.3) is 6.47 Å². The van der Waals surface area contributed by atoms with Crippen molar-refractivity contribution < 1.29 is 19.7 Å². The fraction of sp³-hybridized carbons (Fsp3) is 0.333. The van der Waals surface area contributed by atoms with Gasteiger partial charge in [-0.15, -0.1) is 0 Å². The Morgan fingerprint density at radius 2 is 2.19 bits per heavy atom. The second-order valence-electron chi connectivity index (χ2n) is 7.19. The largest absolute Gasteiger partial charge is 0.463 e. The number of pyridine rings is 1. The second kappa shape index (κ2) is 6.48. The number of carbonyl (C=O) groups is 1.